The summed E-state index contributed by atoms with van der Waals surface area (Å²) in [5.74, 6) is -0.230. The summed E-state index contributed by atoms with van der Waals surface area (Å²) < 4.78 is 1.25. The van der Waals surface area contributed by atoms with Crippen molar-refractivity contribution in [3.63, 3.8) is 0 Å². The summed E-state index contributed by atoms with van der Waals surface area (Å²) in [5.41, 5.74) is 1.52. The molecule has 7 heteroatoms. The molecule has 1 amide bonds. The Morgan fingerprint density at radius 1 is 0.966 bits per heavy atom. The third-order valence-electron chi connectivity index (χ3n) is 4.41. The first-order valence-electron chi connectivity index (χ1n) is 9.28. The van der Waals surface area contributed by atoms with Gasteiger partial charge in [0.15, 0.2) is 0 Å². The van der Waals surface area contributed by atoms with Crippen molar-refractivity contribution in [1.82, 2.24) is 19.6 Å². The summed E-state index contributed by atoms with van der Waals surface area (Å²) in [7, 11) is 3.91. The van der Waals surface area contributed by atoms with E-state index in [9.17, 15) is 9.59 Å². The number of halogens is 1. The predicted octanol–water partition coefficient (Wildman–Crippen LogP) is 3.09. The Morgan fingerprint density at radius 3 is 2.31 bits per heavy atom. The van der Waals surface area contributed by atoms with Gasteiger partial charge in [-0.25, -0.2) is 0 Å². The van der Waals surface area contributed by atoms with Gasteiger partial charge in [-0.1, -0.05) is 41.9 Å². The highest BCUT2D eigenvalue weighted by atomic mass is 35.5. The zero-order chi connectivity index (χ0) is 20.8. The highest BCUT2D eigenvalue weighted by Crippen LogP contribution is 2.13. The van der Waals surface area contributed by atoms with Gasteiger partial charge in [-0.3, -0.25) is 9.59 Å². The first kappa shape index (κ1) is 20.8. The fourth-order valence-corrected chi connectivity index (χ4v) is 2.95. The zero-order valence-electron chi connectivity index (χ0n) is 16.5. The van der Waals surface area contributed by atoms with Crippen LogP contribution < -0.4 is 5.56 Å². The van der Waals surface area contributed by atoms with Crippen LogP contribution in [0.4, 0.5) is 0 Å². The Hall–Kier alpha value is -2.96. The summed E-state index contributed by atoms with van der Waals surface area (Å²) in [6, 6.07) is 19.3. The molecule has 0 N–H and O–H groups in total. The maximum absolute atomic E-state index is 13.2. The quantitative estimate of drug-likeness (QED) is 0.600. The molecule has 0 fully saturated rings. The first-order chi connectivity index (χ1) is 13.9. The zero-order valence-corrected chi connectivity index (χ0v) is 17.2. The molecule has 29 heavy (non-hydrogen) atoms. The molecule has 1 heterocycles. The number of rotatable bonds is 7. The van der Waals surface area contributed by atoms with Crippen molar-refractivity contribution in [2.24, 2.45) is 0 Å². The number of amides is 1. The van der Waals surface area contributed by atoms with Crippen LogP contribution in [0.2, 0.25) is 5.02 Å². The van der Waals surface area contributed by atoms with Crippen LogP contribution in [0.5, 0.6) is 0 Å². The van der Waals surface area contributed by atoms with Gasteiger partial charge in [0.1, 0.15) is 5.69 Å². The van der Waals surface area contributed by atoms with Crippen LogP contribution in [-0.2, 0) is 6.54 Å². The van der Waals surface area contributed by atoms with Crippen molar-refractivity contribution >= 4 is 17.5 Å². The molecule has 3 rings (SSSR count). The topological polar surface area (TPSA) is 58.4 Å². The van der Waals surface area contributed by atoms with Crippen LogP contribution in [0.3, 0.4) is 0 Å². The Kier molecular flexibility index (Phi) is 6.80. The monoisotopic (exact) mass is 410 g/mol. The van der Waals surface area contributed by atoms with Crippen molar-refractivity contribution in [1.29, 1.82) is 0 Å². The fourth-order valence-electron chi connectivity index (χ4n) is 2.82. The molecular weight excluding hydrogens is 388 g/mol. The molecule has 0 atom stereocenters. The van der Waals surface area contributed by atoms with Crippen molar-refractivity contribution in [2.75, 3.05) is 27.2 Å². The number of benzene rings is 2. The van der Waals surface area contributed by atoms with E-state index in [-0.39, 0.29) is 17.2 Å². The average molecular weight is 411 g/mol. The summed E-state index contributed by atoms with van der Waals surface area (Å²) in [4.78, 5) is 29.2. The number of likely N-dealkylation sites (N-methyl/N-ethyl adjacent to an activating group) is 1. The molecule has 0 spiro atoms. The van der Waals surface area contributed by atoms with Gasteiger partial charge < -0.3 is 9.80 Å². The van der Waals surface area contributed by atoms with Gasteiger partial charge in [-0.15, -0.1) is 0 Å². The van der Waals surface area contributed by atoms with Crippen LogP contribution in [-0.4, -0.2) is 52.7 Å². The van der Waals surface area contributed by atoms with E-state index in [1.54, 1.807) is 29.2 Å². The van der Waals surface area contributed by atoms with E-state index < -0.39 is 0 Å². The number of carbonyl (C=O) groups excluding carboxylic acids is 1. The number of carbonyl (C=O) groups is 1. The van der Waals surface area contributed by atoms with E-state index >= 15 is 0 Å². The van der Waals surface area contributed by atoms with E-state index in [4.69, 9.17) is 11.6 Å². The third-order valence-corrected chi connectivity index (χ3v) is 4.66. The minimum absolute atomic E-state index is 0.223. The number of hydrogen-bond acceptors (Lipinski definition) is 4. The lowest BCUT2D eigenvalue weighted by molar-refractivity contribution is 0.0724. The molecule has 0 bridgehead atoms. The average Bonchev–Trinajstić information content (AvgIpc) is 2.73. The molecule has 2 aromatic carbocycles. The molecular formula is C22H23ClN4O2. The number of nitrogens with zero attached hydrogens (tertiary/aromatic N) is 4. The van der Waals surface area contributed by atoms with Gasteiger partial charge in [-0.05, 0) is 50.0 Å². The lowest BCUT2D eigenvalue weighted by Crippen LogP contribution is -2.37. The Morgan fingerprint density at radius 2 is 1.66 bits per heavy atom. The summed E-state index contributed by atoms with van der Waals surface area (Å²) in [6.45, 7) is 1.66. The molecule has 0 radical (unpaired) electrons. The molecule has 3 aromatic rings. The third kappa shape index (κ3) is 5.53. The Bertz CT molecular complexity index is 1020. The second kappa shape index (κ2) is 9.49. The van der Waals surface area contributed by atoms with Gasteiger partial charge in [0, 0.05) is 30.7 Å². The van der Waals surface area contributed by atoms with Gasteiger partial charge in [-0.2, -0.15) is 9.78 Å². The highest BCUT2D eigenvalue weighted by Gasteiger charge is 2.19. The van der Waals surface area contributed by atoms with Gasteiger partial charge in [0.2, 0.25) is 0 Å². The second-order valence-corrected chi connectivity index (χ2v) is 7.40. The van der Waals surface area contributed by atoms with E-state index in [0.717, 1.165) is 5.56 Å². The fraction of sp³-hybridized carbons (Fsp3) is 0.227. The van der Waals surface area contributed by atoms with Crippen LogP contribution in [0.25, 0.3) is 5.69 Å². The highest BCUT2D eigenvalue weighted by molar-refractivity contribution is 6.30. The summed E-state index contributed by atoms with van der Waals surface area (Å²) in [5, 5.41) is 4.97. The van der Waals surface area contributed by atoms with Crippen molar-refractivity contribution in [2.45, 2.75) is 6.54 Å². The smallest absolute Gasteiger partial charge is 0.274 e. The lowest BCUT2D eigenvalue weighted by atomic mass is 10.2. The second-order valence-electron chi connectivity index (χ2n) is 6.96. The molecule has 6 nitrogen and oxygen atoms in total. The van der Waals surface area contributed by atoms with E-state index in [1.807, 2.05) is 49.3 Å². The number of aromatic nitrogens is 2. The number of para-hydroxylation sites is 1. The normalized spacial score (nSPS) is 10.9. The maximum atomic E-state index is 13.2. The molecule has 0 unspecified atom stereocenters. The van der Waals surface area contributed by atoms with E-state index in [1.165, 1.54) is 16.8 Å². The molecule has 1 aromatic heterocycles. The largest absolute Gasteiger partial charge is 0.332 e. The van der Waals surface area contributed by atoms with Crippen molar-refractivity contribution < 1.29 is 4.79 Å². The molecule has 0 aliphatic heterocycles. The summed E-state index contributed by atoms with van der Waals surface area (Å²) in [6.07, 6.45) is 0. The van der Waals surface area contributed by atoms with E-state index in [2.05, 4.69) is 5.10 Å². The Balaban J connectivity index is 1.90. The Labute approximate surface area is 174 Å². The predicted molar refractivity (Wildman–Crippen MR) is 115 cm³/mol. The molecule has 0 saturated heterocycles. The minimum atomic E-state index is -0.287. The van der Waals surface area contributed by atoms with E-state index in [0.29, 0.717) is 30.3 Å². The van der Waals surface area contributed by atoms with Gasteiger partial charge >= 0.3 is 0 Å². The molecule has 0 saturated carbocycles. The maximum Gasteiger partial charge on any atom is 0.274 e. The number of hydrogen-bond donors (Lipinski definition) is 0. The lowest BCUT2D eigenvalue weighted by Gasteiger charge is -2.24. The van der Waals surface area contributed by atoms with Crippen molar-refractivity contribution in [3.8, 4) is 5.69 Å². The first-order valence-corrected chi connectivity index (χ1v) is 9.66. The molecule has 0 aliphatic rings. The minimum Gasteiger partial charge on any atom is -0.332 e. The van der Waals surface area contributed by atoms with Gasteiger partial charge in [0.05, 0.1) is 5.69 Å². The molecule has 0 aliphatic carbocycles. The molecule has 150 valence electrons. The standard InChI is InChI=1S/C22H23ClN4O2/c1-25(2)14-15-26(16-17-8-10-18(23)11-9-17)22(29)20-12-13-21(28)27(24-20)19-6-4-3-5-7-19/h3-13H,14-16H2,1-2H3. The van der Waals surface area contributed by atoms with Crippen LogP contribution in [0.1, 0.15) is 16.1 Å². The van der Waals surface area contributed by atoms with Crippen molar-refractivity contribution in [3.05, 3.63) is 93.4 Å². The SMILES string of the molecule is CN(C)CCN(Cc1ccc(Cl)cc1)C(=O)c1ccc(=O)n(-c2ccccc2)n1. The van der Waals surface area contributed by atoms with Crippen LogP contribution in [0.15, 0.2) is 71.5 Å². The van der Waals surface area contributed by atoms with Crippen LogP contribution >= 0.6 is 11.6 Å². The van der Waals surface area contributed by atoms with Gasteiger partial charge in [0.25, 0.3) is 11.5 Å². The van der Waals surface area contributed by atoms with Crippen LogP contribution in [0, 0.1) is 0 Å². The summed E-state index contributed by atoms with van der Waals surface area (Å²) >= 11 is 5.97.